The zero-order valence-corrected chi connectivity index (χ0v) is 15.9. The van der Waals surface area contributed by atoms with Crippen molar-refractivity contribution in [3.63, 3.8) is 0 Å². The first kappa shape index (κ1) is 18.5. The van der Waals surface area contributed by atoms with Crippen molar-refractivity contribution in [2.45, 2.75) is 0 Å². The van der Waals surface area contributed by atoms with Crippen LogP contribution in [0.1, 0.15) is 10.4 Å². The summed E-state index contributed by atoms with van der Waals surface area (Å²) in [5.74, 6) is 1.26. The zero-order valence-electron chi connectivity index (χ0n) is 14.3. The summed E-state index contributed by atoms with van der Waals surface area (Å²) in [7, 11) is 1.58. The van der Waals surface area contributed by atoms with Crippen LogP contribution in [-0.4, -0.2) is 23.0 Å². The largest absolute Gasteiger partial charge is 0.497 e. The van der Waals surface area contributed by atoms with E-state index in [-0.39, 0.29) is 23.3 Å². The van der Waals surface area contributed by atoms with Crippen molar-refractivity contribution in [3.05, 3.63) is 64.9 Å². The van der Waals surface area contributed by atoms with Crippen molar-refractivity contribution in [2.75, 3.05) is 18.3 Å². The van der Waals surface area contributed by atoms with Crippen molar-refractivity contribution < 1.29 is 14.3 Å². The number of nitrogens with zero attached hydrogens (tertiary/aromatic N) is 2. The van der Waals surface area contributed by atoms with Crippen LogP contribution in [0.3, 0.4) is 0 Å². The molecular formula is C18H16BrN5O3. The Morgan fingerprint density at radius 2 is 1.78 bits per heavy atom. The topological polar surface area (TPSA) is 111 Å². The summed E-state index contributed by atoms with van der Waals surface area (Å²) in [4.78, 5) is 20.3. The molecule has 0 aliphatic heterocycles. The van der Waals surface area contributed by atoms with Gasteiger partial charge in [-0.25, -0.2) is 4.98 Å². The number of hydrogen-bond acceptors (Lipinski definition) is 7. The predicted octanol–water partition coefficient (Wildman–Crippen LogP) is 3.38. The molecular weight excluding hydrogens is 414 g/mol. The molecule has 2 aromatic carbocycles. The molecule has 0 radical (unpaired) electrons. The predicted molar refractivity (Wildman–Crippen MR) is 105 cm³/mol. The molecule has 0 saturated heterocycles. The number of carbonyl (C=O) groups excluding carboxylic acids is 1. The van der Waals surface area contributed by atoms with Crippen LogP contribution in [0, 0.1) is 0 Å². The van der Waals surface area contributed by atoms with Crippen molar-refractivity contribution >= 4 is 33.3 Å². The van der Waals surface area contributed by atoms with Gasteiger partial charge in [0.15, 0.2) is 5.82 Å². The van der Waals surface area contributed by atoms with Crippen LogP contribution in [0.4, 0.5) is 11.5 Å². The average Bonchev–Trinajstić information content (AvgIpc) is 2.69. The van der Waals surface area contributed by atoms with Gasteiger partial charge in [-0.3, -0.25) is 15.6 Å². The van der Waals surface area contributed by atoms with E-state index in [1.165, 1.54) is 6.33 Å². The fourth-order valence-corrected chi connectivity index (χ4v) is 2.61. The molecule has 0 aliphatic rings. The number of halogens is 1. The van der Waals surface area contributed by atoms with Crippen LogP contribution >= 0.6 is 15.9 Å². The van der Waals surface area contributed by atoms with Crippen LogP contribution < -0.4 is 26.1 Å². The van der Waals surface area contributed by atoms with E-state index in [4.69, 9.17) is 15.2 Å². The van der Waals surface area contributed by atoms with Gasteiger partial charge < -0.3 is 15.2 Å². The molecule has 1 amide bonds. The number of benzene rings is 2. The number of hydrazine groups is 1. The highest BCUT2D eigenvalue weighted by atomic mass is 79.9. The van der Waals surface area contributed by atoms with E-state index in [9.17, 15) is 4.79 Å². The standard InChI is InChI=1S/C18H16BrN5O3/c1-26-11-6-8-12(9-7-11)27-18-15(20)16(21-10-22-18)23-24-17(25)13-4-2-3-5-14(13)19/h2-10H,20H2,1H3,(H,24,25)(H,21,22,23). The minimum Gasteiger partial charge on any atom is -0.497 e. The monoisotopic (exact) mass is 429 g/mol. The molecule has 0 spiro atoms. The highest BCUT2D eigenvalue weighted by Crippen LogP contribution is 2.29. The van der Waals surface area contributed by atoms with Crippen LogP contribution in [-0.2, 0) is 0 Å². The fourth-order valence-electron chi connectivity index (χ4n) is 2.14. The lowest BCUT2D eigenvalue weighted by Gasteiger charge is -2.13. The van der Waals surface area contributed by atoms with Gasteiger partial charge in [0.1, 0.15) is 23.5 Å². The summed E-state index contributed by atoms with van der Waals surface area (Å²) in [5, 5.41) is 0. The molecule has 0 saturated carbocycles. The Hall–Kier alpha value is -3.33. The van der Waals surface area contributed by atoms with Gasteiger partial charge in [0.05, 0.1) is 12.7 Å². The highest BCUT2D eigenvalue weighted by Gasteiger charge is 2.13. The molecule has 138 valence electrons. The molecule has 1 aromatic heterocycles. The van der Waals surface area contributed by atoms with E-state index in [1.54, 1.807) is 49.6 Å². The summed E-state index contributed by atoms with van der Waals surface area (Å²) in [5.41, 5.74) is 11.9. The molecule has 0 fully saturated rings. The number of methoxy groups -OCH3 is 1. The third kappa shape index (κ3) is 4.45. The van der Waals surface area contributed by atoms with Crippen molar-refractivity contribution in [1.29, 1.82) is 0 Å². The minimum atomic E-state index is -0.349. The third-order valence-electron chi connectivity index (χ3n) is 3.53. The number of nitrogens with one attached hydrogen (secondary N) is 2. The normalized spacial score (nSPS) is 10.1. The molecule has 0 unspecified atom stereocenters. The number of nitrogen functional groups attached to an aromatic ring is 1. The second-order valence-corrected chi connectivity index (χ2v) is 6.13. The van der Waals surface area contributed by atoms with Gasteiger partial charge >= 0.3 is 0 Å². The number of amides is 1. The van der Waals surface area contributed by atoms with E-state index in [0.29, 0.717) is 21.5 Å². The fraction of sp³-hybridized carbons (Fsp3) is 0.0556. The summed E-state index contributed by atoms with van der Waals surface area (Å²) in [6, 6.07) is 14.0. The molecule has 3 aromatic rings. The smallest absolute Gasteiger partial charge is 0.270 e. The molecule has 8 nitrogen and oxygen atoms in total. The van der Waals surface area contributed by atoms with E-state index in [1.807, 2.05) is 6.07 Å². The van der Waals surface area contributed by atoms with Gasteiger partial charge in [-0.05, 0) is 52.3 Å². The molecule has 3 rings (SSSR count). The van der Waals surface area contributed by atoms with Gasteiger partial charge in [0, 0.05) is 4.47 Å². The van der Waals surface area contributed by atoms with E-state index in [2.05, 4.69) is 36.7 Å². The van der Waals surface area contributed by atoms with Crippen LogP contribution in [0.5, 0.6) is 17.4 Å². The number of carbonyl (C=O) groups is 1. The molecule has 0 bridgehead atoms. The van der Waals surface area contributed by atoms with Gasteiger partial charge in [-0.2, -0.15) is 4.98 Å². The number of rotatable bonds is 6. The highest BCUT2D eigenvalue weighted by molar-refractivity contribution is 9.10. The lowest BCUT2D eigenvalue weighted by atomic mass is 10.2. The zero-order chi connectivity index (χ0) is 19.2. The summed E-state index contributed by atoms with van der Waals surface area (Å²) < 4.78 is 11.4. The maximum Gasteiger partial charge on any atom is 0.270 e. The average molecular weight is 430 g/mol. The molecule has 9 heteroatoms. The Morgan fingerprint density at radius 1 is 1.07 bits per heavy atom. The number of ether oxygens (including phenoxy) is 2. The first-order valence-corrected chi connectivity index (χ1v) is 8.61. The maximum absolute atomic E-state index is 12.3. The Morgan fingerprint density at radius 3 is 2.48 bits per heavy atom. The van der Waals surface area contributed by atoms with Crippen molar-refractivity contribution in [2.24, 2.45) is 0 Å². The summed E-state index contributed by atoms with van der Waals surface area (Å²) in [6.45, 7) is 0. The van der Waals surface area contributed by atoms with Gasteiger partial charge in [0.25, 0.3) is 5.91 Å². The first-order chi connectivity index (χ1) is 13.1. The number of anilines is 2. The van der Waals surface area contributed by atoms with Crippen molar-refractivity contribution in [1.82, 2.24) is 15.4 Å². The van der Waals surface area contributed by atoms with E-state index < -0.39 is 0 Å². The lowest BCUT2D eigenvalue weighted by molar-refractivity contribution is 0.0961. The van der Waals surface area contributed by atoms with Gasteiger partial charge in [-0.1, -0.05) is 12.1 Å². The quantitative estimate of drug-likeness (QED) is 0.514. The Balaban J connectivity index is 1.71. The maximum atomic E-state index is 12.3. The SMILES string of the molecule is COc1ccc(Oc2ncnc(NNC(=O)c3ccccc3Br)c2N)cc1. The number of hydrogen-bond donors (Lipinski definition) is 3. The second-order valence-electron chi connectivity index (χ2n) is 5.28. The van der Waals surface area contributed by atoms with Crippen LogP contribution in [0.2, 0.25) is 0 Å². The molecule has 0 atom stereocenters. The molecule has 27 heavy (non-hydrogen) atoms. The summed E-state index contributed by atoms with van der Waals surface area (Å²) >= 11 is 3.33. The van der Waals surface area contributed by atoms with Gasteiger partial charge in [-0.15, -0.1) is 0 Å². The molecule has 0 aliphatic carbocycles. The molecule has 1 heterocycles. The van der Waals surface area contributed by atoms with Crippen LogP contribution in [0.25, 0.3) is 0 Å². The van der Waals surface area contributed by atoms with Gasteiger partial charge in [0.2, 0.25) is 5.88 Å². The van der Waals surface area contributed by atoms with Crippen molar-refractivity contribution in [3.8, 4) is 17.4 Å². The first-order valence-electron chi connectivity index (χ1n) is 7.81. The Labute approximate surface area is 163 Å². The van der Waals surface area contributed by atoms with Crippen LogP contribution in [0.15, 0.2) is 59.3 Å². The third-order valence-corrected chi connectivity index (χ3v) is 4.23. The Kier molecular flexibility index (Phi) is 5.72. The molecule has 4 N–H and O–H groups in total. The Bertz CT molecular complexity index is 950. The minimum absolute atomic E-state index is 0.153. The summed E-state index contributed by atoms with van der Waals surface area (Å²) in [6.07, 6.45) is 1.28. The number of nitrogens with two attached hydrogens (primary N) is 1. The number of aromatic nitrogens is 2. The van der Waals surface area contributed by atoms with E-state index >= 15 is 0 Å². The lowest BCUT2D eigenvalue weighted by Crippen LogP contribution is -2.30. The van der Waals surface area contributed by atoms with E-state index in [0.717, 1.165) is 0 Å². The second kappa shape index (κ2) is 8.37.